The molecule has 1 aromatic rings. The molecule has 1 aromatic carbocycles. The minimum absolute atomic E-state index is 0.0748. The van der Waals surface area contributed by atoms with Crippen LogP contribution in [0.1, 0.15) is 30.1 Å². The first-order valence-corrected chi connectivity index (χ1v) is 11.1. The Morgan fingerprint density at radius 1 is 1.07 bits per heavy atom. The summed E-state index contributed by atoms with van der Waals surface area (Å²) in [6.45, 7) is 2.84. The number of hydrogen-bond donors (Lipinski definition) is 6. The molecule has 3 aliphatic heterocycles. The van der Waals surface area contributed by atoms with Gasteiger partial charge in [0.1, 0.15) is 11.1 Å². The Kier molecular flexibility index (Phi) is 5.69. The van der Waals surface area contributed by atoms with Crippen molar-refractivity contribution >= 4 is 15.7 Å². The van der Waals surface area contributed by atoms with Crippen molar-refractivity contribution in [2.45, 2.75) is 42.2 Å². The van der Waals surface area contributed by atoms with Gasteiger partial charge in [-0.2, -0.15) is 24.2 Å². The Balaban J connectivity index is 1.71. The molecule has 0 aromatic heterocycles. The number of halogens is 3. The molecule has 3 fully saturated rings. The van der Waals surface area contributed by atoms with Crippen LogP contribution in [0.4, 0.5) is 18.9 Å². The van der Waals surface area contributed by atoms with Crippen LogP contribution in [-0.4, -0.2) is 51.6 Å². The van der Waals surface area contributed by atoms with E-state index in [4.69, 9.17) is 10.9 Å². The van der Waals surface area contributed by atoms with Crippen molar-refractivity contribution in [1.29, 1.82) is 0 Å². The molecule has 4 rings (SSSR count). The molecule has 3 heterocycles. The molecule has 8 N–H and O–H groups in total. The molecule has 0 amide bonds. The molecule has 0 bridgehead atoms. The van der Waals surface area contributed by atoms with E-state index in [1.807, 2.05) is 4.90 Å². The average molecular weight is 450 g/mol. The first-order valence-electron chi connectivity index (χ1n) is 9.58. The van der Waals surface area contributed by atoms with E-state index >= 15 is 0 Å². The number of likely N-dealkylation sites (tertiary alicyclic amines) is 1. The molecule has 0 aliphatic carbocycles. The number of benzene rings is 1. The molecule has 10 nitrogen and oxygen atoms in total. The number of anilines is 1. The lowest BCUT2D eigenvalue weighted by Gasteiger charge is -2.46. The van der Waals surface area contributed by atoms with Gasteiger partial charge in [-0.25, -0.2) is 24.4 Å². The smallest absolute Gasteiger partial charge is 0.371 e. The monoisotopic (exact) mass is 450 g/mol. The number of nitrogens with two attached hydrogens (primary N) is 2. The molecule has 0 unspecified atom stereocenters. The number of nitrogens with zero attached hydrogens (tertiary/aromatic N) is 2. The van der Waals surface area contributed by atoms with Crippen LogP contribution >= 0.6 is 0 Å². The summed E-state index contributed by atoms with van der Waals surface area (Å²) in [5.41, 5.74) is 15.3. The summed E-state index contributed by atoms with van der Waals surface area (Å²) in [5.74, 6) is 0. The maximum atomic E-state index is 13.6. The number of nitrogens with one attached hydrogen (secondary N) is 4. The van der Waals surface area contributed by atoms with Gasteiger partial charge in [0.2, 0.25) is 10.0 Å². The van der Waals surface area contributed by atoms with Gasteiger partial charge in [-0.1, -0.05) is 0 Å². The van der Waals surface area contributed by atoms with Gasteiger partial charge < -0.3 is 10.6 Å². The minimum Gasteiger partial charge on any atom is -0.371 e. The Hall–Kier alpha value is -1.52. The minimum atomic E-state index is -4.88. The number of alkyl halides is 3. The third-order valence-corrected chi connectivity index (χ3v) is 6.82. The fraction of sp³-hybridized carbons (Fsp3) is 0.625. The fourth-order valence-corrected chi connectivity index (χ4v) is 5.41. The largest absolute Gasteiger partial charge is 0.417 e. The van der Waals surface area contributed by atoms with E-state index < -0.39 is 32.8 Å². The highest BCUT2D eigenvalue weighted by molar-refractivity contribution is 7.89. The lowest BCUT2D eigenvalue weighted by Crippen LogP contribution is -2.61. The van der Waals surface area contributed by atoms with Crippen molar-refractivity contribution in [3.63, 3.8) is 0 Å². The summed E-state index contributed by atoms with van der Waals surface area (Å²) in [5, 5.41) is 5.26. The summed E-state index contributed by atoms with van der Waals surface area (Å²) in [6.07, 6.45) is -4.21. The number of sulfonamides is 1. The van der Waals surface area contributed by atoms with E-state index in [2.05, 4.69) is 26.8 Å². The SMILES string of the molecule is NC1CN(C2CCN(c3ccc(C(F)(F)F)c(S(N)(=O)=O)c3C3NNNN3)CC2)C1. The predicted molar refractivity (Wildman–Crippen MR) is 103 cm³/mol. The van der Waals surface area contributed by atoms with Crippen molar-refractivity contribution in [2.75, 3.05) is 31.1 Å². The zero-order chi connectivity index (χ0) is 21.7. The van der Waals surface area contributed by atoms with E-state index in [0.29, 0.717) is 24.8 Å². The fourth-order valence-electron chi connectivity index (χ4n) is 4.39. The number of hydrogen-bond acceptors (Lipinski definition) is 9. The van der Waals surface area contributed by atoms with Gasteiger partial charge in [0.15, 0.2) is 0 Å². The summed E-state index contributed by atoms with van der Waals surface area (Å²) in [6, 6.07) is 2.66. The highest BCUT2D eigenvalue weighted by Gasteiger charge is 2.42. The van der Waals surface area contributed by atoms with Crippen LogP contribution in [0.2, 0.25) is 0 Å². The van der Waals surface area contributed by atoms with Crippen LogP contribution in [-0.2, 0) is 16.2 Å². The first-order chi connectivity index (χ1) is 14.1. The van der Waals surface area contributed by atoms with Gasteiger partial charge in [-0.15, -0.1) is 0 Å². The molecule has 0 saturated carbocycles. The van der Waals surface area contributed by atoms with Crippen molar-refractivity contribution in [3.8, 4) is 0 Å². The molecular weight excluding hydrogens is 425 g/mol. The quantitative estimate of drug-likeness (QED) is 0.344. The van der Waals surface area contributed by atoms with E-state index in [1.165, 1.54) is 6.07 Å². The lowest BCUT2D eigenvalue weighted by atomic mass is 9.96. The molecule has 3 saturated heterocycles. The molecule has 168 valence electrons. The van der Waals surface area contributed by atoms with Crippen LogP contribution in [0.3, 0.4) is 0 Å². The highest BCUT2D eigenvalue weighted by atomic mass is 32.2. The number of hydrazine groups is 3. The normalized spacial score (nSPS) is 23.2. The number of rotatable bonds is 4. The predicted octanol–water partition coefficient (Wildman–Crippen LogP) is -0.920. The second kappa shape index (κ2) is 7.87. The van der Waals surface area contributed by atoms with Gasteiger partial charge in [0.05, 0.1) is 5.56 Å². The van der Waals surface area contributed by atoms with Gasteiger partial charge in [0.25, 0.3) is 0 Å². The Morgan fingerprint density at radius 2 is 1.67 bits per heavy atom. The van der Waals surface area contributed by atoms with Crippen LogP contribution in [0, 0.1) is 0 Å². The maximum absolute atomic E-state index is 13.6. The topological polar surface area (TPSA) is 141 Å². The summed E-state index contributed by atoms with van der Waals surface area (Å²) in [4.78, 5) is 3.28. The molecule has 30 heavy (non-hydrogen) atoms. The van der Waals surface area contributed by atoms with E-state index in [1.54, 1.807) is 0 Å². The van der Waals surface area contributed by atoms with Crippen molar-refractivity contribution in [1.82, 2.24) is 26.8 Å². The average Bonchev–Trinajstić information content (AvgIpc) is 3.17. The van der Waals surface area contributed by atoms with Crippen molar-refractivity contribution < 1.29 is 21.6 Å². The maximum Gasteiger partial charge on any atom is 0.417 e. The third kappa shape index (κ3) is 4.13. The Labute approximate surface area is 172 Å². The molecule has 14 heteroatoms. The van der Waals surface area contributed by atoms with Crippen molar-refractivity contribution in [3.05, 3.63) is 23.3 Å². The molecular formula is C16H25F3N8O2S. The summed E-state index contributed by atoms with van der Waals surface area (Å²) >= 11 is 0. The van der Waals surface area contributed by atoms with Crippen LogP contribution < -0.4 is 37.7 Å². The summed E-state index contributed by atoms with van der Waals surface area (Å²) in [7, 11) is -4.68. The molecule has 0 radical (unpaired) electrons. The van der Waals surface area contributed by atoms with Gasteiger partial charge >= 0.3 is 6.18 Å². The molecule has 3 aliphatic rings. The Morgan fingerprint density at radius 3 is 2.17 bits per heavy atom. The van der Waals surface area contributed by atoms with E-state index in [-0.39, 0.29) is 11.6 Å². The number of primary sulfonamides is 1. The van der Waals surface area contributed by atoms with Crippen molar-refractivity contribution in [2.24, 2.45) is 10.9 Å². The zero-order valence-electron chi connectivity index (χ0n) is 16.0. The lowest BCUT2D eigenvalue weighted by molar-refractivity contribution is -0.140. The van der Waals surface area contributed by atoms with Gasteiger partial charge in [0, 0.05) is 49.5 Å². The van der Waals surface area contributed by atoms with Crippen LogP contribution in [0.25, 0.3) is 0 Å². The van der Waals surface area contributed by atoms with Gasteiger partial charge in [-0.05, 0) is 25.0 Å². The van der Waals surface area contributed by atoms with E-state index in [0.717, 1.165) is 32.0 Å². The highest BCUT2D eigenvalue weighted by Crippen LogP contribution is 2.41. The number of piperidine rings is 1. The second-order valence-corrected chi connectivity index (χ2v) is 9.32. The molecule has 0 atom stereocenters. The third-order valence-electron chi connectivity index (χ3n) is 5.81. The van der Waals surface area contributed by atoms with Gasteiger partial charge in [-0.3, -0.25) is 4.90 Å². The van der Waals surface area contributed by atoms with Crippen LogP contribution in [0.15, 0.2) is 17.0 Å². The molecule has 0 spiro atoms. The standard InChI is InChI=1S/C16H25F3N8O2S/c17-16(18,19)11-1-2-12(13(14(11)30(21,28)29)15-22-24-25-23-15)26-5-3-10(4-6-26)27-7-9(20)8-27/h1-2,9-10,15,22-25H,3-8,20H2,(H2,21,28,29). The van der Waals surface area contributed by atoms with Crippen LogP contribution in [0.5, 0.6) is 0 Å². The summed E-state index contributed by atoms with van der Waals surface area (Å²) < 4.78 is 65.4. The van der Waals surface area contributed by atoms with E-state index in [9.17, 15) is 21.6 Å². The second-order valence-electron chi connectivity index (χ2n) is 7.82. The first kappa shape index (κ1) is 21.7. The Bertz CT molecular complexity index is 892. The zero-order valence-corrected chi connectivity index (χ0v) is 16.9.